The van der Waals surface area contributed by atoms with E-state index in [2.05, 4.69) is 10.3 Å². The van der Waals surface area contributed by atoms with Crippen molar-refractivity contribution in [2.24, 2.45) is 0 Å². The molecular weight excluding hydrogens is 537 g/mol. The van der Waals surface area contributed by atoms with Crippen molar-refractivity contribution >= 4 is 34.9 Å². The van der Waals surface area contributed by atoms with Crippen LogP contribution in [0.25, 0.3) is 0 Å². The van der Waals surface area contributed by atoms with Gasteiger partial charge in [-0.25, -0.2) is 14.2 Å². The zero-order valence-corrected chi connectivity index (χ0v) is 22.6. The summed E-state index contributed by atoms with van der Waals surface area (Å²) in [4.78, 5) is 38.7. The van der Waals surface area contributed by atoms with E-state index in [9.17, 15) is 14.0 Å². The zero-order valence-electron chi connectivity index (χ0n) is 21.8. The molecule has 2 fully saturated rings. The third kappa shape index (κ3) is 4.35. The second-order valence-electron chi connectivity index (χ2n) is 10.7. The van der Waals surface area contributed by atoms with Crippen molar-refractivity contribution in [3.8, 4) is 5.75 Å². The Kier molecular flexibility index (Phi) is 6.12. The summed E-state index contributed by atoms with van der Waals surface area (Å²) in [7, 11) is 1.63. The van der Waals surface area contributed by atoms with Crippen LogP contribution in [0, 0.1) is 5.82 Å². The molecule has 5 heterocycles. The lowest BCUT2D eigenvalue weighted by Crippen LogP contribution is -2.54. The van der Waals surface area contributed by atoms with E-state index in [1.807, 2.05) is 6.07 Å². The molecule has 0 radical (unpaired) electrons. The van der Waals surface area contributed by atoms with Crippen molar-refractivity contribution in [1.29, 1.82) is 0 Å². The largest absolute Gasteiger partial charge is 0.484 e. The molecule has 11 heteroatoms. The lowest BCUT2D eigenvalue weighted by Gasteiger charge is -2.38. The Morgan fingerprint density at radius 1 is 1.20 bits per heavy atom. The number of amides is 3. The second kappa shape index (κ2) is 9.71. The van der Waals surface area contributed by atoms with Crippen LogP contribution in [-0.4, -0.2) is 53.1 Å². The van der Waals surface area contributed by atoms with Crippen molar-refractivity contribution in [3.63, 3.8) is 0 Å². The number of carbonyl (C=O) groups excluding carboxylic acids is 2. The normalized spacial score (nSPS) is 20.3. The summed E-state index contributed by atoms with van der Waals surface area (Å²) < 4.78 is 25.9. The van der Waals surface area contributed by atoms with E-state index in [0.29, 0.717) is 53.8 Å². The highest BCUT2D eigenvalue weighted by Gasteiger charge is 2.38. The van der Waals surface area contributed by atoms with Gasteiger partial charge in [0.15, 0.2) is 0 Å². The first-order chi connectivity index (χ1) is 19.4. The molecule has 3 amide bonds. The van der Waals surface area contributed by atoms with Crippen molar-refractivity contribution < 1.29 is 23.5 Å². The first-order valence-electron chi connectivity index (χ1n) is 13.4. The second-order valence-corrected chi connectivity index (χ2v) is 11.1. The Balaban J connectivity index is 1.19. The van der Waals surface area contributed by atoms with Crippen LogP contribution in [0.2, 0.25) is 5.02 Å². The summed E-state index contributed by atoms with van der Waals surface area (Å²) in [5.74, 6) is 0.216. The number of pyridine rings is 2. The Labute approximate surface area is 235 Å². The molecule has 1 unspecified atom stereocenters. The molecular formula is C29H27ClFN5O4. The molecule has 1 aliphatic carbocycles. The highest BCUT2D eigenvalue weighted by molar-refractivity contribution is 6.34. The number of nitrogens with one attached hydrogen (secondary N) is 1. The summed E-state index contributed by atoms with van der Waals surface area (Å²) in [6, 6.07) is 7.77. The third-order valence-corrected chi connectivity index (χ3v) is 8.37. The summed E-state index contributed by atoms with van der Waals surface area (Å²) >= 11 is 6.70. The van der Waals surface area contributed by atoms with E-state index in [-0.39, 0.29) is 36.2 Å². The molecule has 4 aliphatic rings. The van der Waals surface area contributed by atoms with Crippen LogP contribution >= 0.6 is 11.6 Å². The molecule has 1 saturated carbocycles. The molecule has 1 aromatic carbocycles. The Morgan fingerprint density at radius 3 is 2.77 bits per heavy atom. The van der Waals surface area contributed by atoms with Gasteiger partial charge in [0, 0.05) is 43.9 Å². The highest BCUT2D eigenvalue weighted by Crippen LogP contribution is 2.46. The number of aromatic nitrogens is 2. The average Bonchev–Trinajstić information content (AvgIpc) is 3.77. The fourth-order valence-electron chi connectivity index (χ4n) is 5.62. The van der Waals surface area contributed by atoms with Gasteiger partial charge >= 0.3 is 6.03 Å². The molecule has 7 rings (SSSR count). The molecule has 206 valence electrons. The van der Waals surface area contributed by atoms with E-state index in [1.54, 1.807) is 41.3 Å². The van der Waals surface area contributed by atoms with Crippen LogP contribution < -0.4 is 15.0 Å². The van der Waals surface area contributed by atoms with E-state index in [4.69, 9.17) is 26.1 Å². The molecule has 3 aliphatic heterocycles. The zero-order chi connectivity index (χ0) is 27.5. The van der Waals surface area contributed by atoms with Crippen LogP contribution in [0.3, 0.4) is 0 Å². The monoisotopic (exact) mass is 563 g/mol. The van der Waals surface area contributed by atoms with Gasteiger partial charge < -0.3 is 19.7 Å². The van der Waals surface area contributed by atoms with Gasteiger partial charge in [0.2, 0.25) is 0 Å². The van der Waals surface area contributed by atoms with Gasteiger partial charge in [-0.1, -0.05) is 11.6 Å². The van der Waals surface area contributed by atoms with Crippen LogP contribution in [0.15, 0.2) is 36.5 Å². The highest BCUT2D eigenvalue weighted by atomic mass is 35.5. The average molecular weight is 564 g/mol. The number of anilines is 2. The number of hydrogen-bond acceptors (Lipinski definition) is 6. The number of likely N-dealkylation sites (tertiary alicyclic amines) is 1. The molecule has 0 spiro atoms. The van der Waals surface area contributed by atoms with Gasteiger partial charge in [-0.3, -0.25) is 14.7 Å². The van der Waals surface area contributed by atoms with Crippen molar-refractivity contribution in [3.05, 3.63) is 75.6 Å². The maximum Gasteiger partial charge on any atom is 0.326 e. The van der Waals surface area contributed by atoms with E-state index < -0.39 is 11.9 Å². The fourth-order valence-corrected chi connectivity index (χ4v) is 5.91. The minimum atomic E-state index is -0.536. The topological polar surface area (TPSA) is 96.9 Å². The summed E-state index contributed by atoms with van der Waals surface area (Å²) in [5, 5.41) is 3.38. The number of fused-ring (bicyclic) bond motifs is 2. The van der Waals surface area contributed by atoms with Crippen LogP contribution in [-0.2, 0) is 17.7 Å². The maximum atomic E-state index is 14.4. The Morgan fingerprint density at radius 2 is 2.02 bits per heavy atom. The van der Waals surface area contributed by atoms with Crippen molar-refractivity contribution in [2.45, 2.75) is 50.4 Å². The van der Waals surface area contributed by atoms with Gasteiger partial charge in [-0.05, 0) is 55.5 Å². The smallest absolute Gasteiger partial charge is 0.326 e. The first kappa shape index (κ1) is 25.2. The number of carbonyl (C=O) groups is 2. The standard InChI is InChI=1S/C29H27ClFN5O4/c1-39-17-12-35(13-17)28(37)22-10-21-18(26(33-22)15-4-5-15)14-36(29(38)34-21)23-11-25-16(9-19(23)30)6-7-24(40-25)27-20(31)3-2-8-32-27/h2-3,8-11,15,17,24H,4-7,12-14H2,1H3,(H,34,38). The summed E-state index contributed by atoms with van der Waals surface area (Å²) in [6.07, 6.45) is 4.23. The fraction of sp³-hybridized carbons (Fsp3) is 0.379. The van der Waals surface area contributed by atoms with E-state index in [0.717, 1.165) is 29.7 Å². The number of aryl methyl sites for hydroxylation is 1. The van der Waals surface area contributed by atoms with Gasteiger partial charge in [0.25, 0.3) is 5.91 Å². The number of ether oxygens (including phenoxy) is 2. The predicted octanol–water partition coefficient (Wildman–Crippen LogP) is 5.24. The van der Waals surface area contributed by atoms with Crippen molar-refractivity contribution in [1.82, 2.24) is 14.9 Å². The summed E-state index contributed by atoms with van der Waals surface area (Å²) in [6.45, 7) is 1.31. The molecule has 1 saturated heterocycles. The van der Waals surface area contributed by atoms with Gasteiger partial charge in [0.05, 0.1) is 34.7 Å². The molecule has 2 aromatic heterocycles. The molecule has 0 bridgehead atoms. The number of benzene rings is 1. The van der Waals surface area contributed by atoms with Gasteiger partial charge in [0.1, 0.15) is 29.1 Å². The van der Waals surface area contributed by atoms with Crippen LogP contribution in [0.5, 0.6) is 5.75 Å². The number of nitrogens with zero attached hydrogens (tertiary/aromatic N) is 4. The number of methoxy groups -OCH3 is 1. The number of rotatable bonds is 5. The van der Waals surface area contributed by atoms with Crippen LogP contribution in [0.4, 0.5) is 20.6 Å². The molecule has 3 aromatic rings. The first-order valence-corrected chi connectivity index (χ1v) is 13.8. The molecule has 40 heavy (non-hydrogen) atoms. The minimum absolute atomic E-state index is 0.0429. The lowest BCUT2D eigenvalue weighted by atomic mass is 9.98. The predicted molar refractivity (Wildman–Crippen MR) is 145 cm³/mol. The molecule has 1 N–H and O–H groups in total. The minimum Gasteiger partial charge on any atom is -0.484 e. The third-order valence-electron chi connectivity index (χ3n) is 8.07. The van der Waals surface area contributed by atoms with E-state index in [1.165, 1.54) is 6.07 Å². The van der Waals surface area contributed by atoms with Crippen molar-refractivity contribution in [2.75, 3.05) is 30.4 Å². The van der Waals surface area contributed by atoms with Gasteiger partial charge in [-0.2, -0.15) is 0 Å². The quantitative estimate of drug-likeness (QED) is 0.456. The van der Waals surface area contributed by atoms with Gasteiger partial charge in [-0.15, -0.1) is 0 Å². The number of urea groups is 1. The lowest BCUT2D eigenvalue weighted by molar-refractivity contribution is -0.0194. The Hall–Kier alpha value is -3.76. The maximum absolute atomic E-state index is 14.4. The summed E-state index contributed by atoms with van der Waals surface area (Å²) in [5.41, 5.74) is 4.28. The number of hydrogen-bond donors (Lipinski definition) is 1. The van der Waals surface area contributed by atoms with Crippen LogP contribution in [0.1, 0.15) is 64.3 Å². The van der Waals surface area contributed by atoms with E-state index >= 15 is 0 Å². The number of halogens is 2. The SMILES string of the molecule is COC1CN(C(=O)c2cc3c(c(C4CC4)n2)CN(c2cc4c(cc2Cl)CCC(c2ncccc2F)O4)C(=O)N3)C1. The molecule has 1 atom stereocenters. The molecule has 9 nitrogen and oxygen atoms in total. The Bertz CT molecular complexity index is 1540.